The van der Waals surface area contributed by atoms with Crippen LogP contribution in [0.4, 0.5) is 0 Å². The molecule has 0 aromatic carbocycles. The fourth-order valence-electron chi connectivity index (χ4n) is 1.69. The second-order valence-corrected chi connectivity index (χ2v) is 4.98. The summed E-state index contributed by atoms with van der Waals surface area (Å²) < 4.78 is 0. The minimum absolute atomic E-state index is 0.00510. The molecule has 0 aliphatic carbocycles. The molecule has 1 atom stereocenters. The van der Waals surface area contributed by atoms with Crippen LogP contribution in [-0.4, -0.2) is 29.6 Å². The summed E-state index contributed by atoms with van der Waals surface area (Å²) in [5, 5.41) is 0. The van der Waals surface area contributed by atoms with Crippen LogP contribution in [0.3, 0.4) is 0 Å². The summed E-state index contributed by atoms with van der Waals surface area (Å²) in [5.41, 5.74) is 5.95. The fraction of sp³-hybridized carbons (Fsp3) is 1.00. The van der Waals surface area contributed by atoms with Crippen LogP contribution in [0.15, 0.2) is 0 Å². The average Bonchev–Trinajstić information content (AvgIpc) is 2.09. The maximum Gasteiger partial charge on any atom is 0.00975 e. The van der Waals surface area contributed by atoms with E-state index < -0.39 is 0 Å². The minimum Gasteiger partial charge on any atom is -0.326 e. The average molecular weight is 200 g/mol. The molecule has 2 N–H and O–H groups in total. The molecular formula is C12H28N2. The van der Waals surface area contributed by atoms with Crippen LogP contribution in [0.25, 0.3) is 0 Å². The lowest BCUT2D eigenvalue weighted by molar-refractivity contribution is 0.205. The van der Waals surface area contributed by atoms with Crippen LogP contribution in [0.1, 0.15) is 53.9 Å². The molecule has 0 amide bonds. The number of nitrogens with zero attached hydrogens (tertiary/aromatic N) is 1. The van der Waals surface area contributed by atoms with Crippen LogP contribution < -0.4 is 5.73 Å². The molecule has 0 radical (unpaired) electrons. The van der Waals surface area contributed by atoms with E-state index in [0.29, 0.717) is 6.04 Å². The Labute approximate surface area is 89.9 Å². The zero-order valence-electron chi connectivity index (χ0n) is 10.6. The number of nitrogens with two attached hydrogens (primary N) is 1. The third-order valence-electron chi connectivity index (χ3n) is 2.89. The Kier molecular flexibility index (Phi) is 6.38. The van der Waals surface area contributed by atoms with Gasteiger partial charge in [0.1, 0.15) is 0 Å². The molecule has 86 valence electrons. The van der Waals surface area contributed by atoms with E-state index in [0.717, 1.165) is 13.0 Å². The minimum atomic E-state index is -0.00510. The number of hydrogen-bond acceptors (Lipinski definition) is 2. The molecule has 1 unspecified atom stereocenters. The van der Waals surface area contributed by atoms with Crippen molar-refractivity contribution in [1.29, 1.82) is 0 Å². The second kappa shape index (κ2) is 6.41. The van der Waals surface area contributed by atoms with Crippen molar-refractivity contribution >= 4 is 0 Å². The van der Waals surface area contributed by atoms with Gasteiger partial charge in [0.25, 0.3) is 0 Å². The lowest BCUT2D eigenvalue weighted by Gasteiger charge is -2.28. The molecule has 0 aromatic heterocycles. The van der Waals surface area contributed by atoms with Gasteiger partial charge in [0.05, 0.1) is 0 Å². The zero-order chi connectivity index (χ0) is 11.2. The normalized spacial score (nSPS) is 14.8. The zero-order valence-corrected chi connectivity index (χ0v) is 10.6. The SMILES string of the molecule is CCC(C)N(CC)CCCC(C)(C)N. The Bertz CT molecular complexity index is 138. The van der Waals surface area contributed by atoms with Crippen molar-refractivity contribution in [2.24, 2.45) is 5.73 Å². The van der Waals surface area contributed by atoms with Crippen LogP contribution >= 0.6 is 0 Å². The van der Waals surface area contributed by atoms with E-state index in [-0.39, 0.29) is 5.54 Å². The Balaban J connectivity index is 3.74. The lowest BCUT2D eigenvalue weighted by Crippen LogP contribution is -2.36. The van der Waals surface area contributed by atoms with Crippen molar-refractivity contribution in [2.45, 2.75) is 65.5 Å². The number of hydrogen-bond donors (Lipinski definition) is 1. The first kappa shape index (κ1) is 13.9. The summed E-state index contributed by atoms with van der Waals surface area (Å²) in [7, 11) is 0. The molecule has 0 fully saturated rings. The molecular weight excluding hydrogens is 172 g/mol. The van der Waals surface area contributed by atoms with Gasteiger partial charge in [-0.1, -0.05) is 13.8 Å². The lowest BCUT2D eigenvalue weighted by atomic mass is 10.00. The van der Waals surface area contributed by atoms with E-state index in [9.17, 15) is 0 Å². The van der Waals surface area contributed by atoms with Crippen LogP contribution in [0.2, 0.25) is 0 Å². The van der Waals surface area contributed by atoms with Crippen molar-refractivity contribution in [2.75, 3.05) is 13.1 Å². The summed E-state index contributed by atoms with van der Waals surface area (Å²) in [6.45, 7) is 13.3. The van der Waals surface area contributed by atoms with Crippen molar-refractivity contribution in [3.05, 3.63) is 0 Å². The van der Waals surface area contributed by atoms with Gasteiger partial charge in [0, 0.05) is 11.6 Å². The Morgan fingerprint density at radius 2 is 1.86 bits per heavy atom. The van der Waals surface area contributed by atoms with E-state index in [1.165, 1.54) is 19.4 Å². The summed E-state index contributed by atoms with van der Waals surface area (Å²) >= 11 is 0. The Hall–Kier alpha value is -0.0800. The van der Waals surface area contributed by atoms with E-state index in [4.69, 9.17) is 5.73 Å². The molecule has 0 bridgehead atoms. The molecule has 0 aromatic rings. The van der Waals surface area contributed by atoms with Crippen LogP contribution in [0, 0.1) is 0 Å². The first-order valence-corrected chi connectivity index (χ1v) is 5.93. The van der Waals surface area contributed by atoms with Crippen molar-refractivity contribution in [3.8, 4) is 0 Å². The van der Waals surface area contributed by atoms with Crippen molar-refractivity contribution in [3.63, 3.8) is 0 Å². The fourth-order valence-corrected chi connectivity index (χ4v) is 1.69. The molecule has 0 aliphatic rings. The molecule has 14 heavy (non-hydrogen) atoms. The molecule has 0 rings (SSSR count). The maximum atomic E-state index is 5.95. The van der Waals surface area contributed by atoms with Gasteiger partial charge >= 0.3 is 0 Å². The smallest absolute Gasteiger partial charge is 0.00975 e. The highest BCUT2D eigenvalue weighted by Crippen LogP contribution is 2.10. The maximum absolute atomic E-state index is 5.95. The van der Waals surface area contributed by atoms with Crippen LogP contribution in [0.5, 0.6) is 0 Å². The predicted molar refractivity (Wildman–Crippen MR) is 64.5 cm³/mol. The summed E-state index contributed by atoms with van der Waals surface area (Å²) in [4.78, 5) is 2.53. The summed E-state index contributed by atoms with van der Waals surface area (Å²) in [6.07, 6.45) is 3.56. The van der Waals surface area contributed by atoms with E-state index in [2.05, 4.69) is 39.5 Å². The third kappa shape index (κ3) is 6.39. The Morgan fingerprint density at radius 1 is 1.29 bits per heavy atom. The molecule has 2 nitrogen and oxygen atoms in total. The largest absolute Gasteiger partial charge is 0.326 e. The van der Waals surface area contributed by atoms with Crippen LogP contribution in [-0.2, 0) is 0 Å². The highest BCUT2D eigenvalue weighted by molar-refractivity contribution is 4.73. The van der Waals surface area contributed by atoms with Crippen molar-refractivity contribution in [1.82, 2.24) is 4.90 Å². The second-order valence-electron chi connectivity index (χ2n) is 4.98. The third-order valence-corrected chi connectivity index (χ3v) is 2.89. The van der Waals surface area contributed by atoms with Gasteiger partial charge in [0.15, 0.2) is 0 Å². The Morgan fingerprint density at radius 3 is 2.21 bits per heavy atom. The highest BCUT2D eigenvalue weighted by Gasteiger charge is 2.13. The highest BCUT2D eigenvalue weighted by atomic mass is 15.1. The predicted octanol–water partition coefficient (Wildman–Crippen LogP) is 2.62. The molecule has 2 heteroatoms. The summed E-state index contributed by atoms with van der Waals surface area (Å²) in [5.74, 6) is 0. The molecule has 0 saturated carbocycles. The van der Waals surface area contributed by atoms with Gasteiger partial charge < -0.3 is 10.6 Å². The molecule has 0 aliphatic heterocycles. The van der Waals surface area contributed by atoms with Gasteiger partial charge in [-0.2, -0.15) is 0 Å². The first-order chi connectivity index (χ1) is 6.40. The molecule has 0 saturated heterocycles. The number of rotatable bonds is 7. The van der Waals surface area contributed by atoms with E-state index in [1.54, 1.807) is 0 Å². The van der Waals surface area contributed by atoms with Gasteiger partial charge in [-0.25, -0.2) is 0 Å². The monoisotopic (exact) mass is 200 g/mol. The van der Waals surface area contributed by atoms with Crippen molar-refractivity contribution < 1.29 is 0 Å². The topological polar surface area (TPSA) is 29.3 Å². The van der Waals surface area contributed by atoms with Gasteiger partial charge in [-0.15, -0.1) is 0 Å². The molecule has 0 spiro atoms. The van der Waals surface area contributed by atoms with Gasteiger partial charge in [-0.05, 0) is 53.1 Å². The summed E-state index contributed by atoms with van der Waals surface area (Å²) in [6, 6.07) is 0.709. The first-order valence-electron chi connectivity index (χ1n) is 5.93. The van der Waals surface area contributed by atoms with E-state index in [1.807, 2.05) is 0 Å². The van der Waals surface area contributed by atoms with Gasteiger partial charge in [-0.3, -0.25) is 0 Å². The van der Waals surface area contributed by atoms with Gasteiger partial charge in [0.2, 0.25) is 0 Å². The standard InChI is InChI=1S/C12H28N2/c1-6-11(3)14(7-2)10-8-9-12(4,5)13/h11H,6-10,13H2,1-5H3. The quantitative estimate of drug-likeness (QED) is 0.684. The van der Waals surface area contributed by atoms with E-state index >= 15 is 0 Å². The molecule has 0 heterocycles.